The summed E-state index contributed by atoms with van der Waals surface area (Å²) in [5, 5.41) is 2.85. The summed E-state index contributed by atoms with van der Waals surface area (Å²) in [4.78, 5) is 11.1. The quantitative estimate of drug-likeness (QED) is 0.906. The van der Waals surface area contributed by atoms with Gasteiger partial charge in [0, 0.05) is 46.5 Å². The van der Waals surface area contributed by atoms with Gasteiger partial charge in [-0.05, 0) is 17.7 Å². The van der Waals surface area contributed by atoms with E-state index in [9.17, 15) is 13.2 Å². The zero-order valence-corrected chi connectivity index (χ0v) is 14.0. The van der Waals surface area contributed by atoms with Gasteiger partial charge in [-0.1, -0.05) is 12.1 Å². The average Bonchev–Trinajstić information content (AvgIpc) is 2.52. The highest BCUT2D eigenvalue weighted by Crippen LogP contribution is 2.30. The van der Waals surface area contributed by atoms with Crippen molar-refractivity contribution in [1.29, 1.82) is 0 Å². The minimum atomic E-state index is -4.52. The molecule has 0 bridgehead atoms. The summed E-state index contributed by atoms with van der Waals surface area (Å²) in [6, 6.07) is 8.62. The van der Waals surface area contributed by atoms with E-state index in [1.165, 1.54) is 4.90 Å². The van der Waals surface area contributed by atoms with Crippen LogP contribution < -0.4 is 15.1 Å². The Balaban J connectivity index is 2.18. The molecule has 0 fully saturated rings. The van der Waals surface area contributed by atoms with E-state index in [4.69, 9.17) is 0 Å². The highest BCUT2D eigenvalue weighted by atomic mass is 19.4. The van der Waals surface area contributed by atoms with Gasteiger partial charge in [0.05, 0.1) is 0 Å². The molecule has 0 unspecified atom stereocenters. The molecule has 0 radical (unpaired) electrons. The van der Waals surface area contributed by atoms with Gasteiger partial charge in [0.25, 0.3) is 0 Å². The Hall–Kier alpha value is -2.51. The van der Waals surface area contributed by atoms with Crippen LogP contribution in [0.15, 0.2) is 30.3 Å². The van der Waals surface area contributed by atoms with Crippen LogP contribution in [-0.2, 0) is 12.7 Å². The number of nitrogens with one attached hydrogen (secondary N) is 1. The maximum atomic E-state index is 13.0. The number of hydrogen-bond donors (Lipinski definition) is 1. The lowest BCUT2D eigenvalue weighted by atomic mass is 10.2. The van der Waals surface area contributed by atoms with E-state index < -0.39 is 11.9 Å². The molecule has 0 aliphatic rings. The second-order valence-corrected chi connectivity index (χ2v) is 5.74. The molecule has 0 amide bonds. The number of alkyl halides is 3. The third-order valence-corrected chi connectivity index (χ3v) is 3.36. The van der Waals surface area contributed by atoms with Gasteiger partial charge in [-0.15, -0.1) is 0 Å². The van der Waals surface area contributed by atoms with Crippen molar-refractivity contribution in [1.82, 2.24) is 9.97 Å². The van der Waals surface area contributed by atoms with Gasteiger partial charge in [-0.2, -0.15) is 18.2 Å². The van der Waals surface area contributed by atoms with Crippen LogP contribution >= 0.6 is 0 Å². The Bertz CT molecular complexity index is 681. The van der Waals surface area contributed by atoms with Crippen LogP contribution in [0.25, 0.3) is 0 Å². The predicted molar refractivity (Wildman–Crippen MR) is 89.5 cm³/mol. The maximum Gasteiger partial charge on any atom is 0.433 e. The Morgan fingerprint density at radius 3 is 2.08 bits per heavy atom. The monoisotopic (exact) mass is 339 g/mol. The third kappa shape index (κ3) is 4.50. The van der Waals surface area contributed by atoms with Crippen molar-refractivity contribution in [2.75, 3.05) is 43.3 Å². The Kier molecular flexibility index (Phi) is 5.16. The fraction of sp³-hybridized carbons (Fsp3) is 0.375. The average molecular weight is 339 g/mol. The van der Waals surface area contributed by atoms with Crippen molar-refractivity contribution in [3.63, 3.8) is 0 Å². The molecule has 0 spiro atoms. The SMILES string of the molecule is CN(C)c1ccc(CNc2nc(N(C)C)cc(C(F)(F)F)n2)cc1. The Labute approximate surface area is 139 Å². The molecule has 0 saturated heterocycles. The first kappa shape index (κ1) is 17.8. The number of benzene rings is 1. The summed E-state index contributed by atoms with van der Waals surface area (Å²) in [6.07, 6.45) is -4.52. The second-order valence-electron chi connectivity index (χ2n) is 5.74. The molecule has 24 heavy (non-hydrogen) atoms. The summed E-state index contributed by atoms with van der Waals surface area (Å²) in [5.74, 6) is 0.146. The van der Waals surface area contributed by atoms with E-state index in [2.05, 4.69) is 15.3 Å². The van der Waals surface area contributed by atoms with E-state index in [1.54, 1.807) is 14.1 Å². The van der Waals surface area contributed by atoms with Gasteiger partial charge in [0.2, 0.25) is 5.95 Å². The number of rotatable bonds is 5. The fourth-order valence-corrected chi connectivity index (χ4v) is 1.98. The Morgan fingerprint density at radius 2 is 1.58 bits per heavy atom. The minimum Gasteiger partial charge on any atom is -0.378 e. The lowest BCUT2D eigenvalue weighted by Crippen LogP contribution is -2.17. The highest BCUT2D eigenvalue weighted by molar-refractivity contribution is 5.47. The van der Waals surface area contributed by atoms with Gasteiger partial charge in [0.15, 0.2) is 5.69 Å². The van der Waals surface area contributed by atoms with Crippen LogP contribution in [-0.4, -0.2) is 38.2 Å². The third-order valence-electron chi connectivity index (χ3n) is 3.36. The summed E-state index contributed by atoms with van der Waals surface area (Å²) in [6.45, 7) is 0.335. The first-order valence-electron chi connectivity index (χ1n) is 7.30. The van der Waals surface area contributed by atoms with E-state index in [0.717, 1.165) is 17.3 Å². The molecular weight excluding hydrogens is 319 g/mol. The molecule has 2 rings (SSSR count). The van der Waals surface area contributed by atoms with E-state index in [1.807, 2.05) is 43.3 Å². The van der Waals surface area contributed by atoms with E-state index in [0.29, 0.717) is 6.54 Å². The van der Waals surface area contributed by atoms with E-state index in [-0.39, 0.29) is 11.8 Å². The van der Waals surface area contributed by atoms with Crippen LogP contribution in [0.4, 0.5) is 30.6 Å². The number of halogens is 3. The summed E-state index contributed by atoms with van der Waals surface area (Å²) >= 11 is 0. The van der Waals surface area contributed by atoms with Crippen LogP contribution in [0.2, 0.25) is 0 Å². The van der Waals surface area contributed by atoms with Crippen molar-refractivity contribution >= 4 is 17.5 Å². The molecule has 8 heteroatoms. The number of hydrogen-bond acceptors (Lipinski definition) is 5. The second kappa shape index (κ2) is 6.94. The molecule has 130 valence electrons. The van der Waals surface area contributed by atoms with Gasteiger partial charge in [-0.25, -0.2) is 4.98 Å². The number of nitrogens with zero attached hydrogens (tertiary/aromatic N) is 4. The predicted octanol–water partition coefficient (Wildman–Crippen LogP) is 3.24. The molecule has 5 nitrogen and oxygen atoms in total. The van der Waals surface area contributed by atoms with E-state index >= 15 is 0 Å². The van der Waals surface area contributed by atoms with Gasteiger partial charge < -0.3 is 15.1 Å². The lowest BCUT2D eigenvalue weighted by molar-refractivity contribution is -0.141. The molecule has 1 heterocycles. The maximum absolute atomic E-state index is 13.0. The highest BCUT2D eigenvalue weighted by Gasteiger charge is 2.33. The molecule has 0 aliphatic heterocycles. The molecule has 0 saturated carbocycles. The molecule has 1 N–H and O–H groups in total. The standard InChI is InChI=1S/C16H20F3N5/c1-23(2)12-7-5-11(6-8-12)10-20-15-21-13(16(17,18)19)9-14(22-15)24(3)4/h5-9H,10H2,1-4H3,(H,20,21,22). The topological polar surface area (TPSA) is 44.3 Å². The molecule has 0 aliphatic carbocycles. The van der Waals surface area contributed by atoms with Crippen LogP contribution in [0.5, 0.6) is 0 Å². The zero-order chi connectivity index (χ0) is 17.9. The minimum absolute atomic E-state index is 0.0507. The van der Waals surface area contributed by atoms with Crippen molar-refractivity contribution in [3.05, 3.63) is 41.6 Å². The number of aromatic nitrogens is 2. The van der Waals surface area contributed by atoms with Crippen LogP contribution in [0, 0.1) is 0 Å². The van der Waals surface area contributed by atoms with Crippen molar-refractivity contribution in [2.45, 2.75) is 12.7 Å². The van der Waals surface area contributed by atoms with Crippen molar-refractivity contribution < 1.29 is 13.2 Å². The van der Waals surface area contributed by atoms with Crippen LogP contribution in [0.3, 0.4) is 0 Å². The van der Waals surface area contributed by atoms with Crippen molar-refractivity contribution in [2.24, 2.45) is 0 Å². The van der Waals surface area contributed by atoms with Gasteiger partial charge in [-0.3, -0.25) is 0 Å². The largest absolute Gasteiger partial charge is 0.433 e. The molecule has 1 aromatic carbocycles. The Morgan fingerprint density at radius 1 is 0.958 bits per heavy atom. The molecular formula is C16H20F3N5. The smallest absolute Gasteiger partial charge is 0.378 e. The van der Waals surface area contributed by atoms with Gasteiger partial charge in [0.1, 0.15) is 5.82 Å². The van der Waals surface area contributed by atoms with Crippen molar-refractivity contribution in [3.8, 4) is 0 Å². The van der Waals surface area contributed by atoms with Crippen LogP contribution in [0.1, 0.15) is 11.3 Å². The normalized spacial score (nSPS) is 11.3. The number of anilines is 3. The molecule has 1 aromatic heterocycles. The first-order chi connectivity index (χ1) is 11.2. The van der Waals surface area contributed by atoms with Gasteiger partial charge >= 0.3 is 6.18 Å². The lowest BCUT2D eigenvalue weighted by Gasteiger charge is -2.16. The summed E-state index contributed by atoms with van der Waals surface area (Å²) < 4.78 is 38.9. The fourth-order valence-electron chi connectivity index (χ4n) is 1.98. The summed E-state index contributed by atoms with van der Waals surface area (Å²) in [7, 11) is 7.14. The first-order valence-corrected chi connectivity index (χ1v) is 7.30. The zero-order valence-electron chi connectivity index (χ0n) is 14.0. The molecule has 0 atom stereocenters. The summed E-state index contributed by atoms with van der Waals surface area (Å²) in [5.41, 5.74) is 1.00. The molecule has 2 aromatic rings.